The number of benzene rings is 6. The third-order valence-corrected chi connectivity index (χ3v) is 24.9. The first-order valence-corrected chi connectivity index (χ1v) is 42.4. The van der Waals surface area contributed by atoms with Crippen LogP contribution in [0.4, 0.5) is 82.9 Å². The Morgan fingerprint density at radius 1 is 0.472 bits per heavy atom. The molecule has 6 aromatic rings. The van der Waals surface area contributed by atoms with Gasteiger partial charge in [-0.3, -0.25) is 29.0 Å². The Morgan fingerprint density at radius 3 is 1.17 bits per heavy atom. The summed E-state index contributed by atoms with van der Waals surface area (Å²) in [7, 11) is 1.21. The largest absolute Gasteiger partial charge is 0.478 e. The summed E-state index contributed by atoms with van der Waals surface area (Å²) in [5, 5.41) is 20.5. The maximum absolute atomic E-state index is 14.1. The lowest BCUT2D eigenvalue weighted by atomic mass is 9.85. The van der Waals surface area contributed by atoms with Gasteiger partial charge < -0.3 is 64.8 Å². The van der Waals surface area contributed by atoms with Crippen LogP contribution in [0, 0.1) is 52.7 Å². The van der Waals surface area contributed by atoms with Gasteiger partial charge in [0.2, 0.25) is 0 Å². The summed E-state index contributed by atoms with van der Waals surface area (Å²) in [5.41, 5.74) is -4.71. The zero-order valence-corrected chi connectivity index (χ0v) is 70.6. The normalized spacial score (nSPS) is 24.3. The summed E-state index contributed by atoms with van der Waals surface area (Å²) < 4.78 is 227. The molecular formula is C90H102F15N9O13. The molecule has 3 amide bonds. The van der Waals surface area contributed by atoms with E-state index in [9.17, 15) is 105 Å². The molecule has 0 aromatic heterocycles. The van der Waals surface area contributed by atoms with E-state index in [-0.39, 0.29) is 139 Å². The SMILES string of the molecule is CCOC(=O)c1cc(N2CCNC[C@@H]2C)ccc1F.COC(=O)c1cc(N2CCN([C@@H]3CC[C@@](C(=O)NCc4cc(F)cc(C(F)(F)F)c4)(C4CC4)OC3)C[C@@H]2C)ccc1F.C[C@H]1CN([C@@H]2CC[C@@](C(=O)NCc3cc(F)cc(C(F)(F)F)c3)(C3CC3)OC2)CCN1c1ccc(F)c(C(=O)O)c1.O=C1CC[C@@](C(=O)NCc2cc(F)cc(C(F)(F)F)c2)(C2CC2)OC1. The number of nitrogens with one attached hydrogen (secondary N) is 4. The van der Waals surface area contributed by atoms with Gasteiger partial charge in [0.15, 0.2) is 5.78 Å². The average Bonchev–Trinajstić information content (AvgIpc) is 1.58. The number of methoxy groups -OCH3 is 1. The van der Waals surface area contributed by atoms with Gasteiger partial charge in [0.1, 0.15) is 58.3 Å². The van der Waals surface area contributed by atoms with E-state index in [0.29, 0.717) is 108 Å². The van der Waals surface area contributed by atoms with Crippen LogP contribution in [0.15, 0.2) is 109 Å². The van der Waals surface area contributed by atoms with Gasteiger partial charge >= 0.3 is 36.4 Å². The molecule has 0 spiro atoms. The second-order valence-electron chi connectivity index (χ2n) is 33.7. The van der Waals surface area contributed by atoms with Crippen LogP contribution >= 0.6 is 0 Å². The Hall–Kier alpha value is -10.1. The number of ether oxygens (including phenoxy) is 5. The second kappa shape index (κ2) is 40.3. The van der Waals surface area contributed by atoms with Crippen molar-refractivity contribution in [2.45, 2.75) is 190 Å². The quantitative estimate of drug-likeness (QED) is 0.0332. The van der Waals surface area contributed by atoms with Crippen LogP contribution in [0.1, 0.15) is 169 Å². The lowest BCUT2D eigenvalue weighted by Gasteiger charge is -2.48. The van der Waals surface area contributed by atoms with Crippen LogP contribution in [0.3, 0.4) is 0 Å². The standard InChI is InChI=1S/C30H34F5N3O4.C29H32F5N3O4.C17H17F4NO3.C14H19FN2O2/c1-18-16-37(9-10-38(18)23-5-6-26(32)25(14-23)27(39)41-2)24-7-8-29(42-17-24,20-3-4-20)28(40)36-15-19-11-21(30(33,34)35)13-22(31)12-19;1-17-15-36(8-9-37(17)22-4-5-25(31)24(13-22)26(38)39)23-6-7-28(41-16-23,19-2-3-19)27(40)35-14-18-10-20(29(32,33)34)12-21(30)11-18;18-13-6-10(5-12(7-13)17(19,20)21)8-22-15(24)16(11-1-2-11)4-3-14(23)9-25-16;1-3-19-14(18)12-8-11(4-5-13(12)15)17-7-6-16-9-10(17)2/h5-6,11-14,18,20,24H,3-4,7-10,15-17H2,1-2H3,(H,36,40);4-5,10-13,17,19,23H,2-3,6-9,14-16H2,1H3,(H,35,40)(H,38,39);5-7,11H,1-4,8-9H2,(H,22,24);4-5,8,10,16H,3,6-7,9H2,1-2H3/t18-,24+,29-;17-,23+,28-;16-;10-/m0000/s1. The molecule has 8 atom stereocenters. The molecule has 0 radical (unpaired) electrons. The molecule has 127 heavy (non-hydrogen) atoms. The van der Waals surface area contributed by atoms with Gasteiger partial charge in [-0.1, -0.05) is 0 Å². The molecule has 0 bridgehead atoms. The smallest absolute Gasteiger partial charge is 0.416 e. The van der Waals surface area contributed by atoms with Crippen molar-refractivity contribution in [1.82, 2.24) is 31.1 Å². The van der Waals surface area contributed by atoms with Crippen molar-refractivity contribution in [3.63, 3.8) is 0 Å². The van der Waals surface area contributed by atoms with Crippen LogP contribution in [-0.2, 0) is 81.0 Å². The minimum atomic E-state index is -4.69. The predicted molar refractivity (Wildman–Crippen MR) is 434 cm³/mol. The summed E-state index contributed by atoms with van der Waals surface area (Å²) in [6.07, 6.45) is -6.30. The number of rotatable bonds is 21. The van der Waals surface area contributed by atoms with Crippen molar-refractivity contribution >= 4 is 58.5 Å². The number of esters is 2. The lowest BCUT2D eigenvalue weighted by molar-refractivity contribution is -0.165. The number of piperazine rings is 3. The van der Waals surface area contributed by atoms with Gasteiger partial charge in [-0.15, -0.1) is 0 Å². The number of carbonyl (C=O) groups is 7. The minimum absolute atomic E-state index is 0.00471. The number of nitrogens with zero attached hydrogens (tertiary/aromatic N) is 5. The number of aromatic carboxylic acids is 1. The molecule has 3 aliphatic carbocycles. The topological polar surface area (TPSA) is 250 Å². The molecular weight excluding hydrogens is 1700 g/mol. The van der Waals surface area contributed by atoms with E-state index in [2.05, 4.69) is 54.7 Å². The van der Waals surface area contributed by atoms with Crippen LogP contribution in [0.25, 0.3) is 0 Å². The van der Waals surface area contributed by atoms with E-state index < -0.39 is 111 Å². The number of carboxylic acids is 1. The first-order chi connectivity index (χ1) is 60.1. The minimum Gasteiger partial charge on any atom is -0.478 e. The van der Waals surface area contributed by atoms with E-state index in [0.717, 1.165) is 106 Å². The fraction of sp³-hybridized carbons (Fsp3) is 0.522. The Kier molecular flexibility index (Phi) is 30.5. The number of Topliss-reactive ketones (excluding diaryl/α,β-unsaturated/α-hetero) is 1. The van der Waals surface area contributed by atoms with Crippen molar-refractivity contribution in [3.8, 4) is 0 Å². The van der Waals surface area contributed by atoms with E-state index in [1.165, 1.54) is 37.4 Å². The molecule has 6 heterocycles. The van der Waals surface area contributed by atoms with E-state index in [1.54, 1.807) is 31.2 Å². The highest BCUT2D eigenvalue weighted by Crippen LogP contribution is 2.50. The molecule has 15 rings (SSSR count). The fourth-order valence-corrected chi connectivity index (χ4v) is 17.8. The number of carbonyl (C=O) groups excluding carboxylic acids is 6. The first kappa shape index (κ1) is 96.0. The summed E-state index contributed by atoms with van der Waals surface area (Å²) in [4.78, 5) is 96.6. The summed E-state index contributed by atoms with van der Waals surface area (Å²) in [6, 6.07) is 20.3. The van der Waals surface area contributed by atoms with E-state index >= 15 is 0 Å². The summed E-state index contributed by atoms with van der Waals surface area (Å²) in [6.45, 7) is 14.5. The molecule has 690 valence electrons. The number of hydrogen-bond donors (Lipinski definition) is 5. The molecule has 6 aromatic carbocycles. The van der Waals surface area contributed by atoms with Gasteiger partial charge in [-0.25, -0.2) is 40.7 Å². The number of anilines is 3. The highest BCUT2D eigenvalue weighted by atomic mass is 19.4. The zero-order chi connectivity index (χ0) is 91.8. The highest BCUT2D eigenvalue weighted by molar-refractivity contribution is 5.93. The van der Waals surface area contributed by atoms with Crippen LogP contribution < -0.4 is 36.0 Å². The Bertz CT molecular complexity index is 4950. The Morgan fingerprint density at radius 2 is 0.843 bits per heavy atom. The number of alkyl halides is 9. The van der Waals surface area contributed by atoms with Gasteiger partial charge in [0.25, 0.3) is 17.7 Å². The summed E-state index contributed by atoms with van der Waals surface area (Å²) >= 11 is 0. The molecule has 0 unspecified atom stereocenters. The molecule has 9 fully saturated rings. The Balaban J connectivity index is 0.000000161. The van der Waals surface area contributed by atoms with Crippen LogP contribution in [0.5, 0.6) is 0 Å². The molecule has 6 saturated heterocycles. The van der Waals surface area contributed by atoms with Crippen molar-refractivity contribution in [1.29, 1.82) is 0 Å². The van der Waals surface area contributed by atoms with Gasteiger partial charge in [-0.05, 0) is 242 Å². The molecule has 5 N–H and O–H groups in total. The number of amides is 3. The molecule has 37 heteroatoms. The second-order valence-corrected chi connectivity index (χ2v) is 33.7. The highest BCUT2D eigenvalue weighted by Gasteiger charge is 2.57. The maximum Gasteiger partial charge on any atom is 0.416 e. The third kappa shape index (κ3) is 23.5. The van der Waals surface area contributed by atoms with Crippen LogP contribution in [-0.4, -0.2) is 196 Å². The van der Waals surface area contributed by atoms with Crippen molar-refractivity contribution < 1.29 is 128 Å². The summed E-state index contributed by atoms with van der Waals surface area (Å²) in [5.74, 6) is -8.89. The first-order valence-electron chi connectivity index (χ1n) is 42.4. The van der Waals surface area contributed by atoms with Gasteiger partial charge in [0, 0.05) is 132 Å². The molecule has 9 aliphatic rings. The molecule has 3 saturated carbocycles. The van der Waals surface area contributed by atoms with Gasteiger partial charge in [0.05, 0.1) is 60.3 Å². The van der Waals surface area contributed by atoms with Gasteiger partial charge in [-0.2, -0.15) is 39.5 Å². The van der Waals surface area contributed by atoms with Crippen LogP contribution in [0.2, 0.25) is 0 Å². The molecule has 22 nitrogen and oxygen atoms in total. The number of ketones is 1. The van der Waals surface area contributed by atoms with E-state index in [1.807, 2.05) is 11.8 Å². The fourth-order valence-electron chi connectivity index (χ4n) is 17.8. The zero-order valence-electron chi connectivity index (χ0n) is 70.6. The molecule has 6 aliphatic heterocycles. The lowest BCUT2D eigenvalue weighted by Crippen LogP contribution is -2.60. The van der Waals surface area contributed by atoms with E-state index in [4.69, 9.17) is 23.7 Å². The third-order valence-electron chi connectivity index (χ3n) is 24.9. The average molecular weight is 1800 g/mol. The number of carboxylic acid groups (broad SMARTS) is 1. The maximum atomic E-state index is 14.1. The predicted octanol–water partition coefficient (Wildman–Crippen LogP) is 14.6. The van der Waals surface area contributed by atoms with Crippen molar-refractivity contribution in [2.75, 3.05) is 107 Å². The van der Waals surface area contributed by atoms with Crippen molar-refractivity contribution in [2.24, 2.45) is 17.8 Å². The number of hydrogen-bond acceptors (Lipinski definition) is 18. The Labute approximate surface area is 723 Å². The van der Waals surface area contributed by atoms with Crippen molar-refractivity contribution in [3.05, 3.63) is 194 Å². The number of halogens is 15. The monoisotopic (exact) mass is 1800 g/mol.